The van der Waals surface area contributed by atoms with E-state index in [2.05, 4.69) is 10.3 Å². The smallest absolute Gasteiger partial charge is 0.258 e. The monoisotopic (exact) mass is 322 g/mol. The topological polar surface area (TPSA) is 42.0 Å². The Hall–Kier alpha value is -2.18. The zero-order chi connectivity index (χ0) is 15.4. The molecule has 106 valence electrons. The Balaban J connectivity index is 1.95. The Labute approximate surface area is 137 Å². The standard InChI is InChI=1S/C16H11BN2OS2/c17-12-5-3-11(4-6-12)14(10-13-2-1-8-21-13)15(20)19-16-18-7-9-22-16/h1-10H,(H,18,19,20)/b14-10+. The predicted molar refractivity (Wildman–Crippen MR) is 94.8 cm³/mol. The van der Waals surface area contributed by atoms with Crippen molar-refractivity contribution in [1.29, 1.82) is 0 Å². The van der Waals surface area contributed by atoms with Gasteiger partial charge in [-0.25, -0.2) is 4.98 Å². The van der Waals surface area contributed by atoms with Crippen LogP contribution in [0, 0.1) is 0 Å². The van der Waals surface area contributed by atoms with Gasteiger partial charge in [-0.05, 0) is 23.1 Å². The molecular weight excluding hydrogens is 311 g/mol. The van der Waals surface area contributed by atoms with Gasteiger partial charge in [-0.15, -0.1) is 22.7 Å². The number of thiophene rings is 1. The summed E-state index contributed by atoms with van der Waals surface area (Å²) in [7, 11) is 5.72. The summed E-state index contributed by atoms with van der Waals surface area (Å²) in [4.78, 5) is 17.7. The lowest BCUT2D eigenvalue weighted by atomic mass is 9.93. The molecule has 0 saturated heterocycles. The van der Waals surface area contributed by atoms with Crippen molar-refractivity contribution in [2.45, 2.75) is 0 Å². The molecule has 2 heterocycles. The van der Waals surface area contributed by atoms with E-state index in [0.717, 1.165) is 10.4 Å². The molecule has 0 aliphatic rings. The molecule has 0 aliphatic carbocycles. The van der Waals surface area contributed by atoms with Crippen molar-refractivity contribution < 1.29 is 4.79 Å². The Kier molecular flexibility index (Phi) is 4.51. The fraction of sp³-hybridized carbons (Fsp3) is 0. The van der Waals surface area contributed by atoms with Gasteiger partial charge in [-0.2, -0.15) is 0 Å². The molecule has 3 aromatic rings. The molecule has 1 aromatic carbocycles. The Bertz CT molecular complexity index is 778. The van der Waals surface area contributed by atoms with Gasteiger partial charge in [0.1, 0.15) is 7.85 Å². The molecule has 2 radical (unpaired) electrons. The number of nitrogens with zero attached hydrogens (tertiary/aromatic N) is 1. The van der Waals surface area contributed by atoms with E-state index in [1.54, 1.807) is 29.7 Å². The van der Waals surface area contributed by atoms with Gasteiger partial charge in [0, 0.05) is 22.0 Å². The van der Waals surface area contributed by atoms with Crippen molar-refractivity contribution in [1.82, 2.24) is 4.98 Å². The van der Waals surface area contributed by atoms with E-state index in [1.807, 2.05) is 41.1 Å². The summed E-state index contributed by atoms with van der Waals surface area (Å²) in [6, 6.07) is 11.2. The molecule has 0 atom stereocenters. The van der Waals surface area contributed by atoms with Crippen molar-refractivity contribution in [3.8, 4) is 0 Å². The average molecular weight is 322 g/mol. The fourth-order valence-corrected chi connectivity index (χ4v) is 3.09. The third-order valence-electron chi connectivity index (χ3n) is 2.95. The minimum absolute atomic E-state index is 0.187. The number of hydrogen-bond donors (Lipinski definition) is 1. The zero-order valence-electron chi connectivity index (χ0n) is 11.5. The summed E-state index contributed by atoms with van der Waals surface area (Å²) in [5.74, 6) is -0.187. The van der Waals surface area contributed by atoms with Gasteiger partial charge >= 0.3 is 0 Å². The van der Waals surface area contributed by atoms with Gasteiger partial charge in [0.05, 0.1) is 0 Å². The highest BCUT2D eigenvalue weighted by molar-refractivity contribution is 7.13. The minimum Gasteiger partial charge on any atom is -0.298 e. The van der Waals surface area contributed by atoms with E-state index in [4.69, 9.17) is 7.85 Å². The first kappa shape index (κ1) is 14.7. The molecule has 0 aliphatic heterocycles. The van der Waals surface area contributed by atoms with Crippen molar-refractivity contribution in [3.63, 3.8) is 0 Å². The summed E-state index contributed by atoms with van der Waals surface area (Å²) in [6.07, 6.45) is 3.53. The molecule has 3 nitrogen and oxygen atoms in total. The normalized spacial score (nSPS) is 11.4. The first-order valence-corrected chi connectivity index (χ1v) is 8.30. The minimum atomic E-state index is -0.187. The van der Waals surface area contributed by atoms with Crippen LogP contribution in [-0.2, 0) is 4.79 Å². The van der Waals surface area contributed by atoms with Gasteiger partial charge in [-0.3, -0.25) is 10.1 Å². The second-order valence-electron chi connectivity index (χ2n) is 4.49. The van der Waals surface area contributed by atoms with Gasteiger partial charge in [0.15, 0.2) is 5.13 Å². The highest BCUT2D eigenvalue weighted by Gasteiger charge is 2.13. The van der Waals surface area contributed by atoms with Crippen LogP contribution in [0.2, 0.25) is 0 Å². The number of carbonyl (C=O) groups is 1. The molecule has 1 amide bonds. The van der Waals surface area contributed by atoms with Crippen LogP contribution in [0.4, 0.5) is 5.13 Å². The fourth-order valence-electron chi connectivity index (χ4n) is 1.91. The van der Waals surface area contributed by atoms with Crippen LogP contribution in [0.1, 0.15) is 10.4 Å². The highest BCUT2D eigenvalue weighted by Crippen LogP contribution is 2.23. The SMILES string of the molecule is [B]c1ccc(/C(=C\c2cccs2)C(=O)Nc2nccs2)cc1. The summed E-state index contributed by atoms with van der Waals surface area (Å²) in [6.45, 7) is 0. The van der Waals surface area contributed by atoms with E-state index in [-0.39, 0.29) is 5.91 Å². The Morgan fingerprint density at radius 3 is 2.59 bits per heavy atom. The van der Waals surface area contributed by atoms with Crippen LogP contribution in [0.5, 0.6) is 0 Å². The second kappa shape index (κ2) is 6.72. The van der Waals surface area contributed by atoms with Crippen molar-refractivity contribution in [2.75, 3.05) is 5.32 Å². The van der Waals surface area contributed by atoms with Crippen LogP contribution in [0.25, 0.3) is 11.6 Å². The quantitative estimate of drug-likeness (QED) is 0.592. The molecule has 3 rings (SSSR count). The lowest BCUT2D eigenvalue weighted by molar-refractivity contribution is -0.111. The highest BCUT2D eigenvalue weighted by atomic mass is 32.1. The number of anilines is 1. The number of hydrogen-bond acceptors (Lipinski definition) is 4. The molecule has 6 heteroatoms. The van der Waals surface area contributed by atoms with Crippen LogP contribution in [0.3, 0.4) is 0 Å². The van der Waals surface area contributed by atoms with E-state index in [9.17, 15) is 4.79 Å². The number of rotatable bonds is 4. The molecule has 0 saturated carbocycles. The van der Waals surface area contributed by atoms with Crippen molar-refractivity contribution in [2.24, 2.45) is 0 Å². The second-order valence-corrected chi connectivity index (χ2v) is 6.36. The molecule has 0 unspecified atom stereocenters. The molecule has 2 aromatic heterocycles. The van der Waals surface area contributed by atoms with E-state index < -0.39 is 0 Å². The van der Waals surface area contributed by atoms with Crippen molar-refractivity contribution >= 4 is 58.7 Å². The van der Waals surface area contributed by atoms with Gasteiger partial charge in [0.25, 0.3) is 5.91 Å². The number of thiazole rings is 1. The third-order valence-corrected chi connectivity index (χ3v) is 4.46. The largest absolute Gasteiger partial charge is 0.298 e. The number of amides is 1. The maximum Gasteiger partial charge on any atom is 0.258 e. The van der Waals surface area contributed by atoms with Crippen LogP contribution in [-0.4, -0.2) is 18.7 Å². The van der Waals surface area contributed by atoms with E-state index in [0.29, 0.717) is 16.2 Å². The van der Waals surface area contributed by atoms with Crippen LogP contribution in [0.15, 0.2) is 53.4 Å². The number of aromatic nitrogens is 1. The average Bonchev–Trinajstić information content (AvgIpc) is 3.19. The van der Waals surface area contributed by atoms with Gasteiger partial charge < -0.3 is 0 Å². The summed E-state index contributed by atoms with van der Waals surface area (Å²) >= 11 is 2.97. The predicted octanol–water partition coefficient (Wildman–Crippen LogP) is 3.18. The summed E-state index contributed by atoms with van der Waals surface area (Å²) in [5, 5.41) is 7.20. The first-order chi connectivity index (χ1) is 10.7. The molecule has 22 heavy (non-hydrogen) atoms. The number of nitrogens with one attached hydrogen (secondary N) is 1. The van der Waals surface area contributed by atoms with Gasteiger partial charge in [0.2, 0.25) is 0 Å². The van der Waals surface area contributed by atoms with E-state index in [1.165, 1.54) is 11.3 Å². The summed E-state index contributed by atoms with van der Waals surface area (Å²) in [5.41, 5.74) is 2.06. The van der Waals surface area contributed by atoms with Gasteiger partial charge in [-0.1, -0.05) is 35.8 Å². The third kappa shape index (κ3) is 3.53. The Morgan fingerprint density at radius 2 is 1.95 bits per heavy atom. The molecule has 0 spiro atoms. The molecule has 0 bridgehead atoms. The molecule has 1 N–H and O–H groups in total. The van der Waals surface area contributed by atoms with Crippen molar-refractivity contribution in [3.05, 3.63) is 63.8 Å². The zero-order valence-corrected chi connectivity index (χ0v) is 13.2. The number of carbonyl (C=O) groups excluding carboxylic acids is 1. The summed E-state index contributed by atoms with van der Waals surface area (Å²) < 4.78 is 0. The Morgan fingerprint density at radius 1 is 1.14 bits per heavy atom. The lowest BCUT2D eigenvalue weighted by Crippen LogP contribution is -2.14. The van der Waals surface area contributed by atoms with Crippen LogP contribution >= 0.6 is 22.7 Å². The first-order valence-electron chi connectivity index (χ1n) is 6.54. The molecular formula is C16H11BN2OS2. The van der Waals surface area contributed by atoms with Crippen LogP contribution < -0.4 is 10.8 Å². The lowest BCUT2D eigenvalue weighted by Gasteiger charge is -2.08. The van der Waals surface area contributed by atoms with E-state index >= 15 is 0 Å². The number of benzene rings is 1. The maximum absolute atomic E-state index is 12.6. The molecule has 0 fully saturated rings. The maximum atomic E-state index is 12.6.